The number of hydrogen-bond acceptors (Lipinski definition) is 5. The van der Waals surface area contributed by atoms with Gasteiger partial charge in [-0.2, -0.15) is 0 Å². The summed E-state index contributed by atoms with van der Waals surface area (Å²) >= 11 is 0. The molecule has 0 aliphatic heterocycles. The standard InChI is InChI=1S/C21H44O5/c1-20(2,22)18-25-15-13-11-9-7-5-6-8-10-12-14-24-16-17-26-19-21(3,4)23/h22-23H,5-19H2,1-4H3. The van der Waals surface area contributed by atoms with Gasteiger partial charge in [0, 0.05) is 13.2 Å². The van der Waals surface area contributed by atoms with Crippen LogP contribution in [0.2, 0.25) is 0 Å². The smallest absolute Gasteiger partial charge is 0.0824 e. The fraction of sp³-hybridized carbons (Fsp3) is 1.00. The summed E-state index contributed by atoms with van der Waals surface area (Å²) in [6, 6.07) is 0. The van der Waals surface area contributed by atoms with Gasteiger partial charge in [-0.1, -0.05) is 44.9 Å². The van der Waals surface area contributed by atoms with E-state index in [1.165, 1.54) is 44.9 Å². The first kappa shape index (κ1) is 25.8. The van der Waals surface area contributed by atoms with Crippen LogP contribution in [0, 0.1) is 0 Å². The molecule has 0 saturated heterocycles. The van der Waals surface area contributed by atoms with Gasteiger partial charge in [0.25, 0.3) is 0 Å². The Morgan fingerprint density at radius 3 is 1.19 bits per heavy atom. The van der Waals surface area contributed by atoms with Crippen LogP contribution in [0.4, 0.5) is 0 Å². The lowest BCUT2D eigenvalue weighted by Crippen LogP contribution is -2.26. The van der Waals surface area contributed by atoms with Crippen molar-refractivity contribution in [3.05, 3.63) is 0 Å². The van der Waals surface area contributed by atoms with Crippen LogP contribution in [-0.4, -0.2) is 61.1 Å². The molecule has 0 aromatic rings. The van der Waals surface area contributed by atoms with Crippen LogP contribution >= 0.6 is 0 Å². The highest BCUT2D eigenvalue weighted by Crippen LogP contribution is 2.10. The zero-order valence-electron chi connectivity index (χ0n) is 17.7. The van der Waals surface area contributed by atoms with E-state index < -0.39 is 11.2 Å². The van der Waals surface area contributed by atoms with Crippen LogP contribution < -0.4 is 0 Å². The molecule has 0 spiro atoms. The number of ether oxygens (including phenoxy) is 3. The van der Waals surface area contributed by atoms with Gasteiger partial charge in [0.05, 0.1) is 37.6 Å². The average Bonchev–Trinajstić information content (AvgIpc) is 2.51. The first-order valence-corrected chi connectivity index (χ1v) is 10.4. The number of hydrogen-bond donors (Lipinski definition) is 2. The average molecular weight is 377 g/mol. The lowest BCUT2D eigenvalue weighted by Gasteiger charge is -2.16. The largest absolute Gasteiger partial charge is 0.388 e. The molecule has 0 bridgehead atoms. The Hall–Kier alpha value is -0.200. The van der Waals surface area contributed by atoms with E-state index in [-0.39, 0.29) is 0 Å². The minimum Gasteiger partial charge on any atom is -0.388 e. The van der Waals surface area contributed by atoms with Crippen LogP contribution in [0.5, 0.6) is 0 Å². The van der Waals surface area contributed by atoms with Gasteiger partial charge in [0.1, 0.15) is 0 Å². The third-order valence-corrected chi connectivity index (χ3v) is 3.86. The topological polar surface area (TPSA) is 68.2 Å². The fourth-order valence-electron chi connectivity index (χ4n) is 2.51. The van der Waals surface area contributed by atoms with Crippen LogP contribution in [0.15, 0.2) is 0 Å². The third-order valence-electron chi connectivity index (χ3n) is 3.86. The highest BCUT2D eigenvalue weighted by molar-refractivity contribution is 4.63. The molecule has 0 aliphatic carbocycles. The monoisotopic (exact) mass is 376 g/mol. The van der Waals surface area contributed by atoms with E-state index in [2.05, 4.69) is 0 Å². The van der Waals surface area contributed by atoms with E-state index in [4.69, 9.17) is 14.2 Å². The number of aliphatic hydroxyl groups is 2. The Balaban J connectivity index is 3.07. The van der Waals surface area contributed by atoms with E-state index in [0.29, 0.717) is 26.4 Å². The van der Waals surface area contributed by atoms with Crippen molar-refractivity contribution >= 4 is 0 Å². The summed E-state index contributed by atoms with van der Waals surface area (Å²) in [5.41, 5.74) is -1.47. The molecule has 0 heterocycles. The number of rotatable bonds is 19. The second-order valence-corrected chi connectivity index (χ2v) is 8.52. The summed E-state index contributed by atoms with van der Waals surface area (Å²) in [5, 5.41) is 19.0. The molecular weight excluding hydrogens is 332 g/mol. The van der Waals surface area contributed by atoms with Gasteiger partial charge in [-0.25, -0.2) is 0 Å². The molecule has 0 amide bonds. The molecular formula is C21H44O5. The van der Waals surface area contributed by atoms with E-state index in [1.54, 1.807) is 27.7 Å². The molecule has 0 fully saturated rings. The SMILES string of the molecule is CC(C)(O)COCCCCCCCCCCCOCCOCC(C)(C)O. The van der Waals surface area contributed by atoms with Gasteiger partial charge < -0.3 is 24.4 Å². The molecule has 0 aliphatic rings. The molecule has 0 rings (SSSR count). The maximum absolute atomic E-state index is 9.52. The molecule has 0 unspecified atom stereocenters. The first-order chi connectivity index (χ1) is 12.2. The van der Waals surface area contributed by atoms with Gasteiger partial charge in [-0.15, -0.1) is 0 Å². The molecule has 0 radical (unpaired) electrons. The summed E-state index contributed by atoms with van der Waals surface area (Å²) in [6.45, 7) is 10.5. The Labute approximate surface area is 161 Å². The molecule has 5 heteroatoms. The minimum atomic E-state index is -0.759. The van der Waals surface area contributed by atoms with Crippen molar-refractivity contribution in [2.45, 2.75) is 96.7 Å². The van der Waals surface area contributed by atoms with Crippen molar-refractivity contribution in [3.63, 3.8) is 0 Å². The van der Waals surface area contributed by atoms with Crippen LogP contribution in [0.1, 0.15) is 85.5 Å². The summed E-state index contributed by atoms with van der Waals surface area (Å²) in [7, 11) is 0. The summed E-state index contributed by atoms with van der Waals surface area (Å²) < 4.78 is 16.3. The Morgan fingerprint density at radius 2 is 0.769 bits per heavy atom. The fourth-order valence-corrected chi connectivity index (χ4v) is 2.51. The van der Waals surface area contributed by atoms with E-state index in [9.17, 15) is 10.2 Å². The molecule has 26 heavy (non-hydrogen) atoms. The van der Waals surface area contributed by atoms with Gasteiger partial charge in [-0.3, -0.25) is 0 Å². The van der Waals surface area contributed by atoms with Gasteiger partial charge in [0.2, 0.25) is 0 Å². The molecule has 158 valence electrons. The van der Waals surface area contributed by atoms with E-state index in [0.717, 1.165) is 26.1 Å². The quantitative estimate of drug-likeness (QED) is 0.332. The van der Waals surface area contributed by atoms with Crippen LogP contribution in [0.25, 0.3) is 0 Å². The Bertz CT molecular complexity index is 264. The second-order valence-electron chi connectivity index (χ2n) is 8.52. The Kier molecular flexibility index (Phi) is 15.7. The maximum atomic E-state index is 9.52. The van der Waals surface area contributed by atoms with Gasteiger partial charge in [-0.05, 0) is 40.5 Å². The zero-order chi connectivity index (χ0) is 19.7. The van der Waals surface area contributed by atoms with Crippen molar-refractivity contribution in [2.24, 2.45) is 0 Å². The predicted molar refractivity (Wildman–Crippen MR) is 107 cm³/mol. The van der Waals surface area contributed by atoms with Gasteiger partial charge in [0.15, 0.2) is 0 Å². The van der Waals surface area contributed by atoms with E-state index >= 15 is 0 Å². The summed E-state index contributed by atoms with van der Waals surface area (Å²) in [5.74, 6) is 0. The summed E-state index contributed by atoms with van der Waals surface area (Å²) in [6.07, 6.45) is 11.1. The second kappa shape index (κ2) is 15.8. The first-order valence-electron chi connectivity index (χ1n) is 10.4. The maximum Gasteiger partial charge on any atom is 0.0824 e. The van der Waals surface area contributed by atoms with Gasteiger partial charge >= 0.3 is 0 Å². The van der Waals surface area contributed by atoms with Crippen LogP contribution in [0.3, 0.4) is 0 Å². The third kappa shape index (κ3) is 23.8. The van der Waals surface area contributed by atoms with Crippen molar-refractivity contribution in [2.75, 3.05) is 39.6 Å². The number of unbranched alkanes of at least 4 members (excludes halogenated alkanes) is 8. The Morgan fingerprint density at radius 1 is 0.462 bits per heavy atom. The highest BCUT2D eigenvalue weighted by atomic mass is 16.5. The molecule has 0 aromatic heterocycles. The molecule has 5 nitrogen and oxygen atoms in total. The van der Waals surface area contributed by atoms with Crippen molar-refractivity contribution < 1.29 is 24.4 Å². The predicted octanol–water partition coefficient (Wildman–Crippen LogP) is 4.09. The molecule has 0 saturated carbocycles. The summed E-state index contributed by atoms with van der Waals surface area (Å²) in [4.78, 5) is 0. The normalized spacial score (nSPS) is 12.7. The molecule has 0 aromatic carbocycles. The van der Waals surface area contributed by atoms with Crippen molar-refractivity contribution in [1.82, 2.24) is 0 Å². The van der Waals surface area contributed by atoms with Crippen molar-refractivity contribution in [3.8, 4) is 0 Å². The van der Waals surface area contributed by atoms with Crippen LogP contribution in [-0.2, 0) is 14.2 Å². The zero-order valence-corrected chi connectivity index (χ0v) is 17.7. The molecule has 0 atom stereocenters. The van der Waals surface area contributed by atoms with Crippen molar-refractivity contribution in [1.29, 1.82) is 0 Å². The molecule has 2 N–H and O–H groups in total. The highest BCUT2D eigenvalue weighted by Gasteiger charge is 2.12. The lowest BCUT2D eigenvalue weighted by atomic mass is 10.1. The lowest BCUT2D eigenvalue weighted by molar-refractivity contribution is -0.0374. The van der Waals surface area contributed by atoms with E-state index in [1.807, 2.05) is 0 Å². The minimum absolute atomic E-state index is 0.351.